The Hall–Kier alpha value is -3.10. The lowest BCUT2D eigenvalue weighted by molar-refractivity contribution is 0.203. The second-order valence-corrected chi connectivity index (χ2v) is 9.46. The first-order valence-corrected chi connectivity index (χ1v) is 12.1. The number of hydrogen-bond donors (Lipinski definition) is 0. The van der Waals surface area contributed by atoms with Gasteiger partial charge in [-0.3, -0.25) is 4.90 Å². The Balaban J connectivity index is 1.39. The van der Waals surface area contributed by atoms with E-state index >= 15 is 0 Å². The summed E-state index contributed by atoms with van der Waals surface area (Å²) in [5.74, 6) is 0.579. The van der Waals surface area contributed by atoms with Crippen LogP contribution in [-0.4, -0.2) is 51.3 Å². The molecule has 0 saturated carbocycles. The third-order valence-electron chi connectivity index (χ3n) is 6.46. The van der Waals surface area contributed by atoms with Gasteiger partial charge in [-0.15, -0.1) is 16.4 Å². The molecule has 3 heterocycles. The maximum Gasteiger partial charge on any atom is 0.174 e. The maximum absolute atomic E-state index is 13.3. The average Bonchev–Trinajstić information content (AvgIpc) is 3.51. The van der Waals surface area contributed by atoms with Gasteiger partial charge in [0.05, 0.1) is 6.54 Å². The summed E-state index contributed by atoms with van der Waals surface area (Å²) in [4.78, 5) is 6.18. The van der Waals surface area contributed by atoms with Gasteiger partial charge in [-0.05, 0) is 70.6 Å². The van der Waals surface area contributed by atoms with E-state index in [0.29, 0.717) is 6.54 Å². The van der Waals surface area contributed by atoms with Crippen LogP contribution in [0.15, 0.2) is 60.0 Å². The van der Waals surface area contributed by atoms with Crippen molar-refractivity contribution in [2.45, 2.75) is 26.4 Å². The molecule has 1 fully saturated rings. The van der Waals surface area contributed by atoms with E-state index in [2.05, 4.69) is 74.9 Å². The normalized spacial score (nSPS) is 15.7. The van der Waals surface area contributed by atoms with E-state index in [-0.39, 0.29) is 11.9 Å². The zero-order valence-corrected chi connectivity index (χ0v) is 19.7. The fraction of sp³-hybridized carbons (Fsp3) is 0.320. The van der Waals surface area contributed by atoms with Crippen LogP contribution in [0.5, 0.6) is 0 Å². The molecule has 170 valence electrons. The van der Waals surface area contributed by atoms with Crippen molar-refractivity contribution in [1.82, 2.24) is 25.1 Å². The number of halogens is 1. The van der Waals surface area contributed by atoms with E-state index in [1.165, 1.54) is 33.8 Å². The van der Waals surface area contributed by atoms with Crippen molar-refractivity contribution in [3.05, 3.63) is 93.2 Å². The summed E-state index contributed by atoms with van der Waals surface area (Å²) in [6.45, 7) is 8.61. The van der Waals surface area contributed by atoms with Gasteiger partial charge >= 0.3 is 0 Å². The van der Waals surface area contributed by atoms with Crippen LogP contribution in [0, 0.1) is 19.7 Å². The van der Waals surface area contributed by atoms with Gasteiger partial charge in [-0.1, -0.05) is 30.3 Å². The molecule has 2 aromatic heterocycles. The van der Waals surface area contributed by atoms with Crippen LogP contribution in [0.25, 0.3) is 0 Å². The quantitative estimate of drug-likeness (QED) is 0.424. The third kappa shape index (κ3) is 4.54. The number of piperazine rings is 1. The minimum Gasteiger partial charge on any atom is -0.369 e. The van der Waals surface area contributed by atoms with Gasteiger partial charge in [0.25, 0.3) is 0 Å². The SMILES string of the molecule is Cc1cccc(N2CCN([C@H](c3cccs3)c3nnnn3Cc3ccc(F)cc3)CC2)c1C. The number of aromatic nitrogens is 4. The van der Waals surface area contributed by atoms with Crippen molar-refractivity contribution >= 4 is 17.0 Å². The van der Waals surface area contributed by atoms with Crippen molar-refractivity contribution in [1.29, 1.82) is 0 Å². The molecule has 0 radical (unpaired) electrons. The number of aryl methyl sites for hydroxylation is 1. The van der Waals surface area contributed by atoms with Crippen LogP contribution < -0.4 is 4.90 Å². The van der Waals surface area contributed by atoms with Gasteiger partial charge in [0.2, 0.25) is 0 Å². The van der Waals surface area contributed by atoms with E-state index in [4.69, 9.17) is 0 Å². The van der Waals surface area contributed by atoms with Crippen LogP contribution in [-0.2, 0) is 6.54 Å². The lowest BCUT2D eigenvalue weighted by Crippen LogP contribution is -2.48. The lowest BCUT2D eigenvalue weighted by atomic mass is 10.1. The average molecular weight is 463 g/mol. The van der Waals surface area contributed by atoms with Gasteiger partial charge in [-0.25, -0.2) is 9.07 Å². The molecule has 1 aliphatic rings. The predicted molar refractivity (Wildman–Crippen MR) is 129 cm³/mol. The summed E-state index contributed by atoms with van der Waals surface area (Å²) in [6.07, 6.45) is 0. The smallest absolute Gasteiger partial charge is 0.174 e. The molecule has 6 nitrogen and oxygen atoms in total. The van der Waals surface area contributed by atoms with Crippen molar-refractivity contribution in [3.8, 4) is 0 Å². The van der Waals surface area contributed by atoms with Crippen LogP contribution in [0.2, 0.25) is 0 Å². The van der Waals surface area contributed by atoms with Gasteiger partial charge in [0.1, 0.15) is 11.9 Å². The molecule has 0 spiro atoms. The predicted octanol–water partition coefficient (Wildman–Crippen LogP) is 4.45. The number of rotatable bonds is 6. The second kappa shape index (κ2) is 9.41. The van der Waals surface area contributed by atoms with Crippen LogP contribution in [0.4, 0.5) is 10.1 Å². The van der Waals surface area contributed by atoms with Gasteiger partial charge in [-0.2, -0.15) is 0 Å². The summed E-state index contributed by atoms with van der Waals surface area (Å²) in [5, 5.41) is 14.8. The molecule has 0 amide bonds. The Labute approximate surface area is 197 Å². The van der Waals surface area contributed by atoms with Crippen molar-refractivity contribution < 1.29 is 4.39 Å². The van der Waals surface area contributed by atoms with E-state index in [9.17, 15) is 4.39 Å². The van der Waals surface area contributed by atoms with Crippen molar-refractivity contribution in [2.75, 3.05) is 31.1 Å². The van der Waals surface area contributed by atoms with Crippen molar-refractivity contribution in [2.24, 2.45) is 0 Å². The number of thiophene rings is 1. The minimum absolute atomic E-state index is 0.0128. The molecule has 33 heavy (non-hydrogen) atoms. The molecule has 0 bridgehead atoms. The molecular weight excluding hydrogens is 435 g/mol. The number of nitrogens with zero attached hydrogens (tertiary/aromatic N) is 6. The highest BCUT2D eigenvalue weighted by Crippen LogP contribution is 2.33. The third-order valence-corrected chi connectivity index (χ3v) is 7.38. The summed E-state index contributed by atoms with van der Waals surface area (Å²) in [6, 6.07) is 17.3. The monoisotopic (exact) mass is 462 g/mol. The topological polar surface area (TPSA) is 50.1 Å². The van der Waals surface area contributed by atoms with E-state index in [1.54, 1.807) is 23.5 Å². The summed E-state index contributed by atoms with van der Waals surface area (Å²) in [5.41, 5.74) is 4.97. The molecule has 2 aromatic carbocycles. The first-order chi connectivity index (χ1) is 16.1. The van der Waals surface area contributed by atoms with Crippen LogP contribution >= 0.6 is 11.3 Å². The molecule has 1 aliphatic heterocycles. The maximum atomic E-state index is 13.3. The molecule has 1 atom stereocenters. The Morgan fingerprint density at radius 3 is 2.48 bits per heavy atom. The van der Waals surface area contributed by atoms with E-state index in [1.807, 2.05) is 4.68 Å². The Morgan fingerprint density at radius 2 is 1.76 bits per heavy atom. The summed E-state index contributed by atoms with van der Waals surface area (Å²) < 4.78 is 15.2. The highest BCUT2D eigenvalue weighted by molar-refractivity contribution is 7.10. The van der Waals surface area contributed by atoms with E-state index < -0.39 is 0 Å². The first-order valence-electron chi connectivity index (χ1n) is 11.2. The van der Waals surface area contributed by atoms with Crippen LogP contribution in [0.3, 0.4) is 0 Å². The molecular formula is C25H27FN6S. The highest BCUT2D eigenvalue weighted by atomic mass is 32.1. The second-order valence-electron chi connectivity index (χ2n) is 8.48. The zero-order valence-electron chi connectivity index (χ0n) is 18.9. The van der Waals surface area contributed by atoms with Gasteiger partial charge in [0, 0.05) is 36.7 Å². The van der Waals surface area contributed by atoms with E-state index in [0.717, 1.165) is 37.6 Å². The largest absolute Gasteiger partial charge is 0.369 e. The minimum atomic E-state index is -0.242. The Kier molecular flexibility index (Phi) is 6.20. The van der Waals surface area contributed by atoms with Crippen LogP contribution in [0.1, 0.15) is 33.4 Å². The molecule has 4 aromatic rings. The Morgan fingerprint density at radius 1 is 0.970 bits per heavy atom. The molecule has 1 saturated heterocycles. The number of hydrogen-bond acceptors (Lipinski definition) is 6. The highest BCUT2D eigenvalue weighted by Gasteiger charge is 2.31. The lowest BCUT2D eigenvalue weighted by Gasteiger charge is -2.40. The first kappa shape index (κ1) is 21.7. The number of anilines is 1. The molecule has 5 rings (SSSR count). The standard InChI is InChI=1S/C25H27FN6S/c1-18-5-3-6-22(19(18)2)30-12-14-31(15-13-30)24(23-7-4-16-33-23)25-27-28-29-32(25)17-20-8-10-21(26)11-9-20/h3-11,16,24H,12-15,17H2,1-2H3/t24-/m1/s1. The molecule has 0 aliphatic carbocycles. The summed E-state index contributed by atoms with van der Waals surface area (Å²) in [7, 11) is 0. The molecule has 0 N–H and O–H groups in total. The van der Waals surface area contributed by atoms with Gasteiger partial charge < -0.3 is 4.90 Å². The molecule has 0 unspecified atom stereocenters. The van der Waals surface area contributed by atoms with Crippen molar-refractivity contribution in [3.63, 3.8) is 0 Å². The fourth-order valence-corrected chi connectivity index (χ4v) is 5.35. The van der Waals surface area contributed by atoms with Gasteiger partial charge in [0.15, 0.2) is 5.82 Å². The summed E-state index contributed by atoms with van der Waals surface area (Å²) >= 11 is 1.73. The molecule has 8 heteroatoms. The number of tetrazole rings is 1. The zero-order chi connectivity index (χ0) is 22.8. The Bertz CT molecular complexity index is 1200. The fourth-order valence-electron chi connectivity index (χ4n) is 4.50. The number of benzene rings is 2.